The van der Waals surface area contributed by atoms with Gasteiger partial charge in [0, 0.05) is 23.2 Å². The number of rotatable bonds is 2. The summed E-state index contributed by atoms with van der Waals surface area (Å²) < 4.78 is 6.81. The minimum Gasteiger partial charge on any atom is -0.478 e. The summed E-state index contributed by atoms with van der Waals surface area (Å²) in [4.78, 5) is 23.0. The number of aryl methyl sites for hydroxylation is 1. The number of carboxylic acid groups (broad SMARTS) is 1. The van der Waals surface area contributed by atoms with Crippen molar-refractivity contribution in [3.63, 3.8) is 0 Å². The number of hydrogen-bond donors (Lipinski definition) is 1. The second kappa shape index (κ2) is 5.67. The minimum atomic E-state index is -1.04. The molecule has 1 aromatic heterocycles. The van der Waals surface area contributed by atoms with Gasteiger partial charge >= 0.3 is 12.1 Å². The fourth-order valence-corrected chi connectivity index (χ4v) is 2.12. The monoisotopic (exact) mass is 301 g/mol. The average Bonchev–Trinajstić information content (AvgIpc) is 2.72. The highest BCUT2D eigenvalue weighted by atomic mass is 16.6. The Morgan fingerprint density at radius 2 is 1.95 bits per heavy atom. The van der Waals surface area contributed by atoms with E-state index in [0.29, 0.717) is 11.1 Å². The third-order valence-electron chi connectivity index (χ3n) is 2.99. The summed E-state index contributed by atoms with van der Waals surface area (Å²) >= 11 is 0. The number of carbonyl (C=O) groups is 2. The summed E-state index contributed by atoms with van der Waals surface area (Å²) in [5, 5.41) is 9.57. The lowest BCUT2D eigenvalue weighted by Crippen LogP contribution is -2.26. The van der Waals surface area contributed by atoms with Crippen LogP contribution in [-0.2, 0) is 9.53 Å². The van der Waals surface area contributed by atoms with Gasteiger partial charge in [0.1, 0.15) is 5.60 Å². The van der Waals surface area contributed by atoms with E-state index in [4.69, 9.17) is 9.84 Å². The van der Waals surface area contributed by atoms with Crippen molar-refractivity contribution in [3.8, 4) is 0 Å². The maximum absolute atomic E-state index is 12.3. The molecule has 1 N–H and O–H groups in total. The summed E-state index contributed by atoms with van der Waals surface area (Å²) in [6.07, 6.45) is 3.63. The van der Waals surface area contributed by atoms with Gasteiger partial charge in [0.2, 0.25) is 0 Å². The molecule has 2 rings (SSSR count). The van der Waals surface area contributed by atoms with E-state index >= 15 is 0 Å². The van der Waals surface area contributed by atoms with Gasteiger partial charge < -0.3 is 9.84 Å². The van der Waals surface area contributed by atoms with Gasteiger partial charge in [-0.25, -0.2) is 9.59 Å². The number of aliphatic carboxylic acids is 1. The largest absolute Gasteiger partial charge is 0.478 e. The minimum absolute atomic E-state index is 0.488. The van der Waals surface area contributed by atoms with Gasteiger partial charge in [0.15, 0.2) is 0 Å². The average molecular weight is 301 g/mol. The van der Waals surface area contributed by atoms with Gasteiger partial charge in [0.05, 0.1) is 5.52 Å². The molecule has 1 heterocycles. The lowest BCUT2D eigenvalue weighted by Gasteiger charge is -2.19. The first-order valence-corrected chi connectivity index (χ1v) is 6.93. The van der Waals surface area contributed by atoms with Gasteiger partial charge in [-0.2, -0.15) is 0 Å². The number of benzene rings is 1. The summed E-state index contributed by atoms with van der Waals surface area (Å²) in [5.74, 6) is -1.04. The van der Waals surface area contributed by atoms with E-state index in [1.54, 1.807) is 27.0 Å². The second-order valence-electron chi connectivity index (χ2n) is 6.13. The Bertz CT molecular complexity index is 763. The molecular formula is C17H19NO4. The van der Waals surface area contributed by atoms with Gasteiger partial charge in [-0.05, 0) is 45.4 Å². The lowest BCUT2D eigenvalue weighted by atomic mass is 10.1. The number of ether oxygens (including phenoxy) is 1. The third-order valence-corrected chi connectivity index (χ3v) is 2.99. The number of aromatic nitrogens is 1. The summed E-state index contributed by atoms with van der Waals surface area (Å²) in [7, 11) is 0. The van der Waals surface area contributed by atoms with Crippen LogP contribution in [-0.4, -0.2) is 27.3 Å². The standard InChI is InChI=1S/C17H19NO4/c1-11-5-7-13-12(6-8-15(19)20)10-18(14(13)9-11)16(21)22-17(2,3)4/h5-10H,1-4H3,(H,19,20)/b8-6+. The Balaban J connectivity index is 2.56. The Hall–Kier alpha value is -2.56. The van der Waals surface area contributed by atoms with Crippen molar-refractivity contribution < 1.29 is 19.4 Å². The van der Waals surface area contributed by atoms with Crippen molar-refractivity contribution >= 4 is 29.0 Å². The van der Waals surface area contributed by atoms with Crippen LogP contribution in [0.15, 0.2) is 30.5 Å². The molecule has 0 radical (unpaired) electrons. The molecule has 0 saturated heterocycles. The topological polar surface area (TPSA) is 68.5 Å². The Morgan fingerprint density at radius 1 is 1.27 bits per heavy atom. The Morgan fingerprint density at radius 3 is 2.55 bits per heavy atom. The van der Waals surface area contributed by atoms with Crippen LogP contribution in [0.3, 0.4) is 0 Å². The smallest absolute Gasteiger partial charge is 0.419 e. The molecule has 0 spiro atoms. The van der Waals surface area contributed by atoms with Crippen molar-refractivity contribution in [1.82, 2.24) is 4.57 Å². The quantitative estimate of drug-likeness (QED) is 0.856. The van der Waals surface area contributed by atoms with E-state index in [1.807, 2.05) is 25.1 Å². The summed E-state index contributed by atoms with van der Waals surface area (Å²) in [6, 6.07) is 5.66. The molecule has 0 aliphatic carbocycles. The van der Waals surface area contributed by atoms with Crippen LogP contribution >= 0.6 is 0 Å². The van der Waals surface area contributed by atoms with Gasteiger partial charge in [0.25, 0.3) is 0 Å². The van der Waals surface area contributed by atoms with Gasteiger partial charge in [-0.3, -0.25) is 4.57 Å². The zero-order chi connectivity index (χ0) is 16.5. The number of carboxylic acids is 1. The Kier molecular flexibility index (Phi) is 4.08. The van der Waals surface area contributed by atoms with Crippen molar-refractivity contribution in [2.45, 2.75) is 33.3 Å². The molecule has 0 atom stereocenters. The molecular weight excluding hydrogens is 282 g/mol. The second-order valence-corrected chi connectivity index (χ2v) is 6.13. The van der Waals surface area contributed by atoms with Crippen LogP contribution in [0.5, 0.6) is 0 Å². The van der Waals surface area contributed by atoms with E-state index in [-0.39, 0.29) is 0 Å². The predicted molar refractivity (Wildman–Crippen MR) is 85.0 cm³/mol. The molecule has 5 heteroatoms. The molecule has 0 aliphatic rings. The molecule has 1 aromatic carbocycles. The highest BCUT2D eigenvalue weighted by Gasteiger charge is 2.20. The van der Waals surface area contributed by atoms with Crippen molar-refractivity contribution in [2.75, 3.05) is 0 Å². The molecule has 116 valence electrons. The molecule has 2 aromatic rings. The van der Waals surface area contributed by atoms with E-state index in [1.165, 1.54) is 10.6 Å². The fourth-order valence-electron chi connectivity index (χ4n) is 2.12. The van der Waals surface area contributed by atoms with Gasteiger partial charge in [-0.1, -0.05) is 12.1 Å². The lowest BCUT2D eigenvalue weighted by molar-refractivity contribution is -0.131. The van der Waals surface area contributed by atoms with Crippen LogP contribution in [0.2, 0.25) is 0 Å². The molecule has 0 unspecified atom stereocenters. The SMILES string of the molecule is Cc1ccc2c(/C=C/C(=O)O)cn(C(=O)OC(C)(C)C)c2c1. The normalized spacial score (nSPS) is 12.0. The number of fused-ring (bicyclic) bond motifs is 1. The maximum atomic E-state index is 12.3. The third kappa shape index (κ3) is 3.55. The Labute approximate surface area is 128 Å². The van der Waals surface area contributed by atoms with Crippen LogP contribution in [0.1, 0.15) is 31.9 Å². The van der Waals surface area contributed by atoms with Crippen LogP contribution in [0, 0.1) is 6.92 Å². The van der Waals surface area contributed by atoms with E-state index in [2.05, 4.69) is 0 Å². The number of carbonyl (C=O) groups excluding carboxylic acids is 1. The maximum Gasteiger partial charge on any atom is 0.419 e. The van der Waals surface area contributed by atoms with E-state index in [9.17, 15) is 9.59 Å². The molecule has 0 saturated carbocycles. The fraction of sp³-hybridized carbons (Fsp3) is 0.294. The first-order valence-electron chi connectivity index (χ1n) is 6.93. The van der Waals surface area contributed by atoms with E-state index < -0.39 is 17.7 Å². The first kappa shape index (κ1) is 15.8. The van der Waals surface area contributed by atoms with Crippen LogP contribution < -0.4 is 0 Å². The number of hydrogen-bond acceptors (Lipinski definition) is 3. The molecule has 0 bridgehead atoms. The highest BCUT2D eigenvalue weighted by Crippen LogP contribution is 2.25. The predicted octanol–water partition coefficient (Wildman–Crippen LogP) is 3.83. The van der Waals surface area contributed by atoms with Crippen LogP contribution in [0.4, 0.5) is 4.79 Å². The molecule has 0 fully saturated rings. The summed E-state index contributed by atoms with van der Waals surface area (Å²) in [5.41, 5.74) is 1.75. The molecule has 0 amide bonds. The van der Waals surface area contributed by atoms with E-state index in [0.717, 1.165) is 17.0 Å². The van der Waals surface area contributed by atoms with Crippen molar-refractivity contribution in [1.29, 1.82) is 0 Å². The molecule has 22 heavy (non-hydrogen) atoms. The van der Waals surface area contributed by atoms with Crippen molar-refractivity contribution in [3.05, 3.63) is 41.6 Å². The highest BCUT2D eigenvalue weighted by molar-refractivity contribution is 5.98. The molecule has 5 nitrogen and oxygen atoms in total. The zero-order valence-electron chi connectivity index (χ0n) is 13.1. The summed E-state index contributed by atoms with van der Waals surface area (Å²) in [6.45, 7) is 7.33. The van der Waals surface area contributed by atoms with Crippen LogP contribution in [0.25, 0.3) is 17.0 Å². The van der Waals surface area contributed by atoms with Crippen molar-refractivity contribution in [2.24, 2.45) is 0 Å². The van der Waals surface area contributed by atoms with Gasteiger partial charge in [-0.15, -0.1) is 0 Å². The molecule has 0 aliphatic heterocycles. The number of nitrogens with zero attached hydrogens (tertiary/aromatic N) is 1. The first-order chi connectivity index (χ1) is 10.2. The zero-order valence-corrected chi connectivity index (χ0v) is 13.1.